The smallest absolute Gasteiger partial charge is 0.264 e. The summed E-state index contributed by atoms with van der Waals surface area (Å²) < 4.78 is 38.7. The number of anilines is 1. The highest BCUT2D eigenvalue weighted by Gasteiger charge is 2.45. The molecule has 2 heterocycles. The summed E-state index contributed by atoms with van der Waals surface area (Å²) in [5.41, 5.74) is 0.930. The van der Waals surface area contributed by atoms with Crippen LogP contribution in [0.25, 0.3) is 0 Å². The van der Waals surface area contributed by atoms with Crippen LogP contribution in [0.1, 0.15) is 79.0 Å². The van der Waals surface area contributed by atoms with Crippen LogP contribution in [0.3, 0.4) is 0 Å². The van der Waals surface area contributed by atoms with Gasteiger partial charge in [0.05, 0.1) is 97.0 Å². The normalized spacial score (nSPS) is 16.0. The molecule has 1 aromatic rings. The van der Waals surface area contributed by atoms with E-state index in [9.17, 15) is 19.2 Å². The van der Waals surface area contributed by atoms with Crippen molar-refractivity contribution in [1.82, 2.24) is 10.2 Å². The third-order valence-corrected chi connectivity index (χ3v) is 7.90. The van der Waals surface area contributed by atoms with Crippen molar-refractivity contribution in [3.05, 3.63) is 29.3 Å². The monoisotopic (exact) mass is 693 g/mol. The Morgan fingerprint density at radius 3 is 1.71 bits per heavy atom. The van der Waals surface area contributed by atoms with Gasteiger partial charge in [-0.15, -0.1) is 0 Å². The molecule has 1 saturated heterocycles. The van der Waals surface area contributed by atoms with Gasteiger partial charge < -0.3 is 38.5 Å². The molecule has 0 radical (unpaired) electrons. The molecule has 0 bridgehead atoms. The molecule has 2 aliphatic heterocycles. The third-order valence-electron chi connectivity index (χ3n) is 7.90. The number of benzene rings is 1. The van der Waals surface area contributed by atoms with Crippen molar-refractivity contribution >= 4 is 29.3 Å². The standard InChI is InChI=1S/C35H55N3O11/c1-2-3-4-5-6-7-14-43-16-18-45-20-22-47-24-26-49-27-25-48-23-21-46-19-17-44-15-13-36-29-10-8-9-28-32(29)35(42)38(34(28)41)30-11-12-31(39)37-33(30)40/h8-10,30,36H,2-7,11-27H2,1H3,(H,37,39,40). The molecule has 2 N–H and O–H groups in total. The highest BCUT2D eigenvalue weighted by Crippen LogP contribution is 2.32. The maximum absolute atomic E-state index is 13.1. The van der Waals surface area contributed by atoms with E-state index in [0.717, 1.165) is 17.9 Å². The van der Waals surface area contributed by atoms with Gasteiger partial charge in [0.25, 0.3) is 11.8 Å². The lowest BCUT2D eigenvalue weighted by atomic mass is 10.0. The quantitative estimate of drug-likeness (QED) is 0.0898. The predicted octanol–water partition coefficient (Wildman–Crippen LogP) is 2.98. The van der Waals surface area contributed by atoms with E-state index in [2.05, 4.69) is 17.6 Å². The van der Waals surface area contributed by atoms with Gasteiger partial charge in [-0.3, -0.25) is 29.4 Å². The number of amides is 4. The van der Waals surface area contributed by atoms with Crippen LogP contribution >= 0.6 is 0 Å². The molecule has 1 atom stereocenters. The van der Waals surface area contributed by atoms with Gasteiger partial charge in [0.15, 0.2) is 0 Å². The first-order valence-electron chi connectivity index (χ1n) is 17.7. The fraction of sp³-hybridized carbons (Fsp3) is 0.714. The summed E-state index contributed by atoms with van der Waals surface area (Å²) in [5, 5.41) is 5.34. The van der Waals surface area contributed by atoms with Gasteiger partial charge in [-0.2, -0.15) is 0 Å². The van der Waals surface area contributed by atoms with Crippen LogP contribution in [-0.4, -0.2) is 134 Å². The number of fused-ring (bicyclic) bond motifs is 1. The summed E-state index contributed by atoms with van der Waals surface area (Å²) in [6.45, 7) is 9.69. The number of rotatable bonds is 30. The van der Waals surface area contributed by atoms with Crippen LogP contribution in [-0.2, 0) is 42.7 Å². The molecule has 14 nitrogen and oxygen atoms in total. The Bertz CT molecular complexity index is 1140. The highest BCUT2D eigenvalue weighted by molar-refractivity contribution is 6.25. The molecule has 0 saturated carbocycles. The fourth-order valence-electron chi connectivity index (χ4n) is 5.33. The van der Waals surface area contributed by atoms with E-state index in [1.54, 1.807) is 18.2 Å². The zero-order valence-electron chi connectivity index (χ0n) is 29.0. The van der Waals surface area contributed by atoms with Crippen LogP contribution in [0, 0.1) is 0 Å². The van der Waals surface area contributed by atoms with Gasteiger partial charge in [0.1, 0.15) is 6.04 Å². The van der Waals surface area contributed by atoms with E-state index < -0.39 is 29.7 Å². The third kappa shape index (κ3) is 15.2. The molecule has 0 aromatic heterocycles. The van der Waals surface area contributed by atoms with Crippen LogP contribution in [0.4, 0.5) is 5.69 Å². The van der Waals surface area contributed by atoms with Crippen molar-refractivity contribution in [2.45, 2.75) is 64.3 Å². The minimum atomic E-state index is -1.00. The van der Waals surface area contributed by atoms with Crippen molar-refractivity contribution in [3.63, 3.8) is 0 Å². The number of hydrogen-bond donors (Lipinski definition) is 2. The van der Waals surface area contributed by atoms with Crippen molar-refractivity contribution < 1.29 is 52.3 Å². The Morgan fingerprint density at radius 1 is 0.653 bits per heavy atom. The predicted molar refractivity (Wildman–Crippen MR) is 181 cm³/mol. The van der Waals surface area contributed by atoms with Gasteiger partial charge in [-0.1, -0.05) is 45.1 Å². The summed E-state index contributed by atoms with van der Waals surface area (Å²) in [7, 11) is 0. The van der Waals surface area contributed by atoms with Gasteiger partial charge >= 0.3 is 0 Å². The zero-order valence-corrected chi connectivity index (χ0v) is 29.0. The molecule has 1 aromatic carbocycles. The first kappa shape index (κ1) is 40.4. The Kier molecular flexibility index (Phi) is 20.7. The van der Waals surface area contributed by atoms with Crippen molar-refractivity contribution in [2.75, 3.05) is 104 Å². The first-order chi connectivity index (χ1) is 24.0. The molecule has 2 aliphatic rings. The summed E-state index contributed by atoms with van der Waals surface area (Å²) in [6, 6.07) is 3.93. The molecule has 4 amide bonds. The van der Waals surface area contributed by atoms with Crippen molar-refractivity contribution in [3.8, 4) is 0 Å². The second-order valence-electron chi connectivity index (χ2n) is 11.7. The van der Waals surface area contributed by atoms with Crippen LogP contribution in [0.2, 0.25) is 0 Å². The number of carbonyl (C=O) groups is 4. The lowest BCUT2D eigenvalue weighted by Gasteiger charge is -2.27. The molecule has 0 aliphatic carbocycles. The SMILES string of the molecule is CCCCCCCCOCCOCCOCCOCCOCCOCCOCCNc1cccc2c1C(=O)N(C1CCC(=O)NC1=O)C2=O. The first-order valence-corrected chi connectivity index (χ1v) is 17.7. The maximum Gasteiger partial charge on any atom is 0.264 e. The van der Waals surface area contributed by atoms with Crippen LogP contribution in [0.15, 0.2) is 18.2 Å². The van der Waals surface area contributed by atoms with E-state index in [4.69, 9.17) is 33.2 Å². The molecular formula is C35H55N3O11. The lowest BCUT2D eigenvalue weighted by Crippen LogP contribution is -2.54. The Hall–Kier alpha value is -2.98. The Labute approximate surface area is 289 Å². The van der Waals surface area contributed by atoms with Crippen molar-refractivity contribution in [2.24, 2.45) is 0 Å². The highest BCUT2D eigenvalue weighted by atomic mass is 16.6. The fourth-order valence-corrected chi connectivity index (χ4v) is 5.33. The van der Waals surface area contributed by atoms with E-state index in [0.29, 0.717) is 98.1 Å². The number of nitrogens with one attached hydrogen (secondary N) is 2. The summed E-state index contributed by atoms with van der Waals surface area (Å²) in [5.74, 6) is -2.14. The van der Waals surface area contributed by atoms with E-state index in [-0.39, 0.29) is 24.0 Å². The largest absolute Gasteiger partial charge is 0.382 e. The number of ether oxygens (including phenoxy) is 7. The molecule has 1 unspecified atom stereocenters. The van der Waals surface area contributed by atoms with Gasteiger partial charge in [-0.25, -0.2) is 0 Å². The Morgan fingerprint density at radius 2 is 1.16 bits per heavy atom. The second kappa shape index (κ2) is 25.0. The number of unbranched alkanes of at least 4 members (excludes halogenated alkanes) is 5. The second-order valence-corrected chi connectivity index (χ2v) is 11.7. The summed E-state index contributed by atoms with van der Waals surface area (Å²) in [6.07, 6.45) is 7.77. The average Bonchev–Trinajstić information content (AvgIpc) is 3.35. The number of carbonyl (C=O) groups excluding carboxylic acids is 4. The average molecular weight is 694 g/mol. The number of nitrogens with zero attached hydrogens (tertiary/aromatic N) is 1. The summed E-state index contributed by atoms with van der Waals surface area (Å²) in [4.78, 5) is 50.8. The van der Waals surface area contributed by atoms with Gasteiger partial charge in [0.2, 0.25) is 11.8 Å². The summed E-state index contributed by atoms with van der Waals surface area (Å²) >= 11 is 0. The van der Waals surface area contributed by atoms with Crippen LogP contribution in [0.5, 0.6) is 0 Å². The Balaban J connectivity index is 1.07. The van der Waals surface area contributed by atoms with E-state index >= 15 is 0 Å². The minimum absolute atomic E-state index is 0.0718. The molecule has 0 spiro atoms. The van der Waals surface area contributed by atoms with Gasteiger partial charge in [0, 0.05) is 25.3 Å². The van der Waals surface area contributed by atoms with Crippen molar-refractivity contribution in [1.29, 1.82) is 0 Å². The number of piperidine rings is 1. The lowest BCUT2D eigenvalue weighted by molar-refractivity contribution is -0.136. The molecule has 1 fully saturated rings. The molecule has 14 heteroatoms. The van der Waals surface area contributed by atoms with Gasteiger partial charge in [-0.05, 0) is 25.0 Å². The topological polar surface area (TPSA) is 160 Å². The molecule has 49 heavy (non-hydrogen) atoms. The molecule has 276 valence electrons. The van der Waals surface area contributed by atoms with E-state index in [1.165, 1.54) is 32.1 Å². The van der Waals surface area contributed by atoms with Crippen LogP contribution < -0.4 is 10.6 Å². The zero-order chi connectivity index (χ0) is 34.9. The van der Waals surface area contributed by atoms with E-state index in [1.807, 2.05) is 0 Å². The number of hydrogen-bond acceptors (Lipinski definition) is 12. The number of imide groups is 2. The minimum Gasteiger partial charge on any atom is -0.382 e. The molecule has 3 rings (SSSR count). The molecular weight excluding hydrogens is 638 g/mol. The maximum atomic E-state index is 13.1.